The summed E-state index contributed by atoms with van der Waals surface area (Å²) in [5.74, 6) is 0. The topological polar surface area (TPSA) is 6.48 Å². The minimum Gasteiger partial charge on any atom is -0.299 e. The van der Waals surface area contributed by atoms with Crippen LogP contribution in [-0.4, -0.2) is 48.1 Å². The molecule has 0 aromatic heterocycles. The highest BCUT2D eigenvalue weighted by molar-refractivity contribution is 5.27. The summed E-state index contributed by atoms with van der Waals surface area (Å²) in [4.78, 5) is 5.17. The molecule has 2 heterocycles. The predicted molar refractivity (Wildman–Crippen MR) is 65.1 cm³/mol. The molecule has 0 N–H and O–H groups in total. The highest BCUT2D eigenvalue weighted by atomic mass is 15.2. The van der Waals surface area contributed by atoms with Gasteiger partial charge < -0.3 is 0 Å². The average molecular weight is 208 g/mol. The normalized spacial score (nSPS) is 24.8. The highest BCUT2D eigenvalue weighted by Crippen LogP contribution is 2.29. The minimum atomic E-state index is 0.328. The molecule has 0 aliphatic carbocycles. The van der Waals surface area contributed by atoms with Crippen LogP contribution in [0.1, 0.15) is 34.1 Å². The van der Waals surface area contributed by atoms with Crippen molar-refractivity contribution in [2.75, 3.05) is 32.7 Å². The molecule has 0 amide bonds. The Kier molecular flexibility index (Phi) is 2.91. The second kappa shape index (κ2) is 3.91. The largest absolute Gasteiger partial charge is 0.299 e. The van der Waals surface area contributed by atoms with Gasteiger partial charge in [0, 0.05) is 31.7 Å². The average Bonchev–Trinajstić information content (AvgIpc) is 2.59. The van der Waals surface area contributed by atoms with Crippen LogP contribution in [0.25, 0.3) is 0 Å². The van der Waals surface area contributed by atoms with E-state index >= 15 is 0 Å². The lowest BCUT2D eigenvalue weighted by atomic mass is 10.0. The molecule has 0 saturated carbocycles. The van der Waals surface area contributed by atoms with Crippen LogP contribution < -0.4 is 0 Å². The van der Waals surface area contributed by atoms with Gasteiger partial charge in [0.15, 0.2) is 0 Å². The third kappa shape index (κ3) is 2.26. The van der Waals surface area contributed by atoms with Crippen molar-refractivity contribution in [2.45, 2.75) is 39.7 Å². The van der Waals surface area contributed by atoms with E-state index in [2.05, 4.69) is 37.5 Å². The van der Waals surface area contributed by atoms with Crippen molar-refractivity contribution < 1.29 is 0 Å². The molecule has 2 nitrogen and oxygen atoms in total. The molecule has 0 atom stereocenters. The third-order valence-corrected chi connectivity index (χ3v) is 3.80. The van der Waals surface area contributed by atoms with E-state index in [0.29, 0.717) is 5.54 Å². The Morgan fingerprint density at radius 1 is 1.07 bits per heavy atom. The molecule has 15 heavy (non-hydrogen) atoms. The summed E-state index contributed by atoms with van der Waals surface area (Å²) in [5.41, 5.74) is 3.77. The van der Waals surface area contributed by atoms with Crippen LogP contribution >= 0.6 is 0 Å². The summed E-state index contributed by atoms with van der Waals surface area (Å²) in [5, 5.41) is 0. The van der Waals surface area contributed by atoms with E-state index in [0.717, 1.165) is 0 Å². The van der Waals surface area contributed by atoms with E-state index in [-0.39, 0.29) is 0 Å². The van der Waals surface area contributed by atoms with Crippen LogP contribution in [0.3, 0.4) is 0 Å². The molecule has 2 aliphatic rings. The van der Waals surface area contributed by atoms with Crippen molar-refractivity contribution in [3.8, 4) is 0 Å². The van der Waals surface area contributed by atoms with Crippen molar-refractivity contribution in [1.29, 1.82) is 0 Å². The number of hydrogen-bond acceptors (Lipinski definition) is 2. The molecular formula is C13H24N2. The standard InChI is InChI=1S/C13H24N2/c1-5-14-7-6-11-9-15(13(2,3)4)10-12(11)8-14/h5-10H2,1-4H3. The van der Waals surface area contributed by atoms with Gasteiger partial charge in [0.2, 0.25) is 0 Å². The summed E-state index contributed by atoms with van der Waals surface area (Å²) in [6, 6.07) is 0. The van der Waals surface area contributed by atoms with Gasteiger partial charge in [-0.05, 0) is 39.3 Å². The lowest BCUT2D eigenvalue weighted by Crippen LogP contribution is -2.40. The van der Waals surface area contributed by atoms with Gasteiger partial charge in [0.25, 0.3) is 0 Å². The van der Waals surface area contributed by atoms with E-state index in [1.807, 2.05) is 0 Å². The summed E-state index contributed by atoms with van der Waals surface area (Å²) >= 11 is 0. The fraction of sp³-hybridized carbons (Fsp3) is 0.846. The van der Waals surface area contributed by atoms with Crippen LogP contribution in [0.5, 0.6) is 0 Å². The van der Waals surface area contributed by atoms with Gasteiger partial charge in [0.05, 0.1) is 0 Å². The quantitative estimate of drug-likeness (QED) is 0.609. The SMILES string of the molecule is CCN1CCC2=C(C1)CN(C(C)(C)C)C2. The van der Waals surface area contributed by atoms with Crippen molar-refractivity contribution in [3.63, 3.8) is 0 Å². The molecule has 0 saturated heterocycles. The van der Waals surface area contributed by atoms with E-state index in [1.54, 1.807) is 11.1 Å². The molecule has 0 aromatic rings. The molecule has 2 aliphatic heterocycles. The van der Waals surface area contributed by atoms with Crippen LogP contribution in [0.4, 0.5) is 0 Å². The molecule has 0 spiro atoms. The maximum Gasteiger partial charge on any atom is 0.0217 e. The Balaban J connectivity index is 2.02. The minimum absolute atomic E-state index is 0.328. The first-order chi connectivity index (χ1) is 7.00. The molecule has 2 rings (SSSR count). The number of rotatable bonds is 1. The fourth-order valence-corrected chi connectivity index (χ4v) is 2.54. The van der Waals surface area contributed by atoms with E-state index in [1.165, 1.54) is 39.1 Å². The maximum atomic E-state index is 2.61. The molecule has 0 bridgehead atoms. The lowest BCUT2D eigenvalue weighted by molar-refractivity contribution is 0.178. The molecule has 0 unspecified atom stereocenters. The molecule has 2 heteroatoms. The van der Waals surface area contributed by atoms with Crippen molar-refractivity contribution in [3.05, 3.63) is 11.1 Å². The Hall–Kier alpha value is -0.340. The van der Waals surface area contributed by atoms with Crippen molar-refractivity contribution in [2.24, 2.45) is 0 Å². The van der Waals surface area contributed by atoms with Crippen LogP contribution in [0, 0.1) is 0 Å². The smallest absolute Gasteiger partial charge is 0.0217 e. The molecular weight excluding hydrogens is 184 g/mol. The van der Waals surface area contributed by atoms with Gasteiger partial charge in [-0.2, -0.15) is 0 Å². The van der Waals surface area contributed by atoms with Gasteiger partial charge in [-0.15, -0.1) is 0 Å². The van der Waals surface area contributed by atoms with Gasteiger partial charge in [-0.25, -0.2) is 0 Å². The van der Waals surface area contributed by atoms with E-state index in [9.17, 15) is 0 Å². The monoisotopic (exact) mass is 208 g/mol. The summed E-state index contributed by atoms with van der Waals surface area (Å²) in [7, 11) is 0. The van der Waals surface area contributed by atoms with E-state index < -0.39 is 0 Å². The summed E-state index contributed by atoms with van der Waals surface area (Å²) in [6.45, 7) is 15.3. The van der Waals surface area contributed by atoms with Crippen LogP contribution in [0.2, 0.25) is 0 Å². The van der Waals surface area contributed by atoms with Gasteiger partial charge >= 0.3 is 0 Å². The number of hydrogen-bond donors (Lipinski definition) is 0. The van der Waals surface area contributed by atoms with Crippen LogP contribution in [0.15, 0.2) is 11.1 Å². The van der Waals surface area contributed by atoms with Crippen LogP contribution in [-0.2, 0) is 0 Å². The second-order valence-corrected chi connectivity index (χ2v) is 5.85. The first-order valence-electron chi connectivity index (χ1n) is 6.18. The zero-order chi connectivity index (χ0) is 11.1. The van der Waals surface area contributed by atoms with Crippen molar-refractivity contribution in [1.82, 2.24) is 9.80 Å². The molecule has 0 fully saturated rings. The van der Waals surface area contributed by atoms with Gasteiger partial charge in [0.1, 0.15) is 0 Å². The predicted octanol–water partition coefficient (Wildman–Crippen LogP) is 2.12. The Morgan fingerprint density at radius 2 is 1.73 bits per heavy atom. The second-order valence-electron chi connectivity index (χ2n) is 5.85. The van der Waals surface area contributed by atoms with Gasteiger partial charge in [-0.3, -0.25) is 9.80 Å². The number of nitrogens with zero attached hydrogens (tertiary/aromatic N) is 2. The highest BCUT2D eigenvalue weighted by Gasteiger charge is 2.31. The fourth-order valence-electron chi connectivity index (χ4n) is 2.54. The first-order valence-corrected chi connectivity index (χ1v) is 6.18. The molecule has 86 valence electrons. The summed E-state index contributed by atoms with van der Waals surface area (Å²) in [6.07, 6.45) is 1.30. The first kappa shape index (κ1) is 11.2. The van der Waals surface area contributed by atoms with Gasteiger partial charge in [-0.1, -0.05) is 12.5 Å². The Bertz CT molecular complexity index is 273. The third-order valence-electron chi connectivity index (χ3n) is 3.80. The lowest BCUT2D eigenvalue weighted by Gasteiger charge is -2.32. The van der Waals surface area contributed by atoms with Crippen molar-refractivity contribution >= 4 is 0 Å². The zero-order valence-electron chi connectivity index (χ0n) is 10.6. The van der Waals surface area contributed by atoms with E-state index in [4.69, 9.17) is 0 Å². The zero-order valence-corrected chi connectivity index (χ0v) is 10.6. The maximum absolute atomic E-state index is 2.61. The Labute approximate surface area is 93.9 Å². The molecule has 0 radical (unpaired) electrons. The summed E-state index contributed by atoms with van der Waals surface area (Å²) < 4.78 is 0. The Morgan fingerprint density at radius 3 is 2.33 bits per heavy atom. The molecule has 0 aromatic carbocycles. The number of likely N-dealkylation sites (N-methyl/N-ethyl adjacent to an activating group) is 1.